The zero-order valence-corrected chi connectivity index (χ0v) is 12.8. The highest BCUT2D eigenvalue weighted by Crippen LogP contribution is 2.14. The van der Waals surface area contributed by atoms with Gasteiger partial charge in [-0.15, -0.1) is 0 Å². The fraction of sp³-hybridized carbons (Fsp3) is 0.571. The first-order chi connectivity index (χ1) is 9.35. The lowest BCUT2D eigenvalue weighted by Gasteiger charge is -2.19. The Bertz CT molecular complexity index is 552. The van der Waals surface area contributed by atoms with Crippen molar-refractivity contribution < 1.29 is 4.42 Å². The van der Waals surface area contributed by atoms with Crippen LogP contribution in [-0.2, 0) is 20.1 Å². The minimum Gasteiger partial charge on any atom is -0.432 e. The van der Waals surface area contributed by atoms with Crippen LogP contribution in [0.4, 0.5) is 6.01 Å². The summed E-state index contributed by atoms with van der Waals surface area (Å²) in [5, 5.41) is 3.39. The van der Waals surface area contributed by atoms with Gasteiger partial charge in [0, 0.05) is 38.6 Å². The Hall–Kier alpha value is -1.82. The smallest absolute Gasteiger partial charge is 0.297 e. The van der Waals surface area contributed by atoms with Crippen LogP contribution in [0.15, 0.2) is 23.1 Å². The Morgan fingerprint density at radius 2 is 2.15 bits per heavy atom. The maximum Gasteiger partial charge on any atom is 0.297 e. The van der Waals surface area contributed by atoms with Crippen molar-refractivity contribution in [2.45, 2.75) is 39.4 Å². The number of rotatable bonds is 5. The third kappa shape index (κ3) is 3.84. The number of hydrogen-bond acceptors (Lipinski definition) is 5. The summed E-state index contributed by atoms with van der Waals surface area (Å²) in [6.45, 7) is 7.74. The molecule has 0 saturated heterocycles. The van der Waals surface area contributed by atoms with Crippen molar-refractivity contribution in [1.29, 1.82) is 0 Å². The molecule has 0 fully saturated rings. The highest BCUT2D eigenvalue weighted by molar-refractivity contribution is 5.26. The van der Waals surface area contributed by atoms with Crippen molar-refractivity contribution in [2.24, 2.45) is 7.05 Å². The minimum absolute atomic E-state index is 0.0674. The molecule has 0 unspecified atom stereocenters. The van der Waals surface area contributed by atoms with Gasteiger partial charge in [0.1, 0.15) is 12.1 Å². The van der Waals surface area contributed by atoms with E-state index in [1.54, 1.807) is 12.5 Å². The third-order valence-corrected chi connectivity index (χ3v) is 2.97. The highest BCUT2D eigenvalue weighted by Gasteiger charge is 2.14. The number of nitrogens with zero attached hydrogens (tertiary/aromatic N) is 4. The number of aromatic nitrogens is 3. The van der Waals surface area contributed by atoms with E-state index >= 15 is 0 Å². The molecular weight excluding hydrogens is 254 g/mol. The van der Waals surface area contributed by atoms with Gasteiger partial charge in [-0.3, -0.25) is 0 Å². The van der Waals surface area contributed by atoms with Crippen LogP contribution in [0.25, 0.3) is 0 Å². The summed E-state index contributed by atoms with van der Waals surface area (Å²) in [6, 6.07) is 0.610. The average Bonchev–Trinajstić information content (AvgIpc) is 2.96. The molecule has 0 bridgehead atoms. The van der Waals surface area contributed by atoms with Gasteiger partial charge in [-0.1, -0.05) is 0 Å². The van der Waals surface area contributed by atoms with E-state index in [4.69, 9.17) is 4.42 Å². The molecule has 110 valence electrons. The molecule has 0 aromatic carbocycles. The quantitative estimate of drug-likeness (QED) is 0.905. The number of imidazole rings is 1. The standard InChI is InChI=1S/C14H23N5O/c1-14(2,3)16-8-11-10-20-13(17-11)19(5)9-12-15-6-7-18(12)4/h6-7,10,16H,8-9H2,1-5H3. The van der Waals surface area contributed by atoms with Crippen LogP contribution in [0.5, 0.6) is 0 Å². The normalized spacial score (nSPS) is 11.8. The number of hydrogen-bond donors (Lipinski definition) is 1. The monoisotopic (exact) mass is 277 g/mol. The number of anilines is 1. The van der Waals surface area contributed by atoms with E-state index in [2.05, 4.69) is 36.1 Å². The summed E-state index contributed by atoms with van der Waals surface area (Å²) in [6.07, 6.45) is 5.41. The van der Waals surface area contributed by atoms with Crippen LogP contribution < -0.4 is 10.2 Å². The van der Waals surface area contributed by atoms with Gasteiger partial charge in [0.2, 0.25) is 0 Å². The Labute approximate surface area is 119 Å². The van der Waals surface area contributed by atoms with Crippen molar-refractivity contribution in [1.82, 2.24) is 19.9 Å². The van der Waals surface area contributed by atoms with E-state index in [-0.39, 0.29) is 5.54 Å². The van der Waals surface area contributed by atoms with E-state index in [1.807, 2.05) is 29.8 Å². The highest BCUT2D eigenvalue weighted by atomic mass is 16.4. The summed E-state index contributed by atoms with van der Waals surface area (Å²) in [4.78, 5) is 10.7. The van der Waals surface area contributed by atoms with E-state index in [9.17, 15) is 0 Å². The summed E-state index contributed by atoms with van der Waals surface area (Å²) < 4.78 is 7.51. The lowest BCUT2D eigenvalue weighted by Crippen LogP contribution is -2.35. The van der Waals surface area contributed by atoms with Crippen LogP contribution in [0, 0.1) is 0 Å². The molecule has 6 nitrogen and oxygen atoms in total. The Kier molecular flexibility index (Phi) is 4.13. The van der Waals surface area contributed by atoms with E-state index in [0.29, 0.717) is 19.1 Å². The first kappa shape index (κ1) is 14.6. The van der Waals surface area contributed by atoms with E-state index < -0.39 is 0 Å². The fourth-order valence-corrected chi connectivity index (χ4v) is 1.74. The van der Waals surface area contributed by atoms with Crippen LogP contribution in [0.2, 0.25) is 0 Å². The molecule has 0 aliphatic heterocycles. The second-order valence-corrected chi connectivity index (χ2v) is 6.04. The zero-order chi connectivity index (χ0) is 14.8. The molecule has 2 heterocycles. The van der Waals surface area contributed by atoms with Crippen LogP contribution in [0.3, 0.4) is 0 Å². The molecule has 6 heteroatoms. The molecule has 20 heavy (non-hydrogen) atoms. The maximum absolute atomic E-state index is 5.52. The maximum atomic E-state index is 5.52. The van der Waals surface area contributed by atoms with Gasteiger partial charge < -0.3 is 19.2 Å². The second-order valence-electron chi connectivity index (χ2n) is 6.04. The Morgan fingerprint density at radius 1 is 1.40 bits per heavy atom. The zero-order valence-electron chi connectivity index (χ0n) is 12.8. The van der Waals surface area contributed by atoms with Gasteiger partial charge in [0.15, 0.2) is 0 Å². The molecular formula is C14H23N5O. The number of aryl methyl sites for hydroxylation is 1. The molecule has 0 saturated carbocycles. The summed E-state index contributed by atoms with van der Waals surface area (Å²) in [7, 11) is 3.92. The largest absolute Gasteiger partial charge is 0.432 e. The van der Waals surface area contributed by atoms with Crippen LogP contribution >= 0.6 is 0 Å². The van der Waals surface area contributed by atoms with Crippen LogP contribution in [0.1, 0.15) is 32.3 Å². The molecule has 0 aliphatic carbocycles. The summed E-state index contributed by atoms with van der Waals surface area (Å²) >= 11 is 0. The van der Waals surface area contributed by atoms with Gasteiger partial charge in [0.05, 0.1) is 12.2 Å². The SMILES string of the molecule is CN(Cc1nccn1C)c1nc(CNC(C)(C)C)co1. The first-order valence-electron chi connectivity index (χ1n) is 6.72. The van der Waals surface area contributed by atoms with Crippen LogP contribution in [-0.4, -0.2) is 27.1 Å². The first-order valence-corrected chi connectivity index (χ1v) is 6.72. The number of nitrogens with one attached hydrogen (secondary N) is 1. The van der Waals surface area contributed by atoms with Gasteiger partial charge in [0.25, 0.3) is 6.01 Å². The lowest BCUT2D eigenvalue weighted by atomic mass is 10.1. The van der Waals surface area contributed by atoms with Crippen molar-refractivity contribution >= 4 is 6.01 Å². The predicted octanol–water partition coefficient (Wildman–Crippen LogP) is 1.93. The summed E-state index contributed by atoms with van der Waals surface area (Å²) in [5.41, 5.74) is 0.972. The fourth-order valence-electron chi connectivity index (χ4n) is 1.74. The lowest BCUT2D eigenvalue weighted by molar-refractivity contribution is 0.421. The van der Waals surface area contributed by atoms with E-state index in [0.717, 1.165) is 11.5 Å². The molecule has 2 rings (SSSR count). The van der Waals surface area contributed by atoms with Gasteiger partial charge in [-0.05, 0) is 20.8 Å². The van der Waals surface area contributed by atoms with E-state index in [1.165, 1.54) is 0 Å². The average molecular weight is 277 g/mol. The van der Waals surface area contributed by atoms with Crippen molar-refractivity contribution in [2.75, 3.05) is 11.9 Å². The van der Waals surface area contributed by atoms with Gasteiger partial charge in [-0.2, -0.15) is 4.98 Å². The molecule has 0 atom stereocenters. The Balaban J connectivity index is 1.96. The molecule has 2 aromatic rings. The van der Waals surface area contributed by atoms with Crippen molar-refractivity contribution in [3.05, 3.63) is 30.2 Å². The van der Waals surface area contributed by atoms with Crippen molar-refractivity contribution in [3.8, 4) is 0 Å². The molecule has 0 spiro atoms. The van der Waals surface area contributed by atoms with Gasteiger partial charge >= 0.3 is 0 Å². The molecule has 0 aliphatic rings. The number of oxazole rings is 1. The molecule has 2 aromatic heterocycles. The molecule has 1 N–H and O–H groups in total. The topological polar surface area (TPSA) is 59.1 Å². The Morgan fingerprint density at radius 3 is 2.75 bits per heavy atom. The minimum atomic E-state index is 0.0674. The second kappa shape index (κ2) is 5.66. The van der Waals surface area contributed by atoms with Crippen molar-refractivity contribution in [3.63, 3.8) is 0 Å². The third-order valence-electron chi connectivity index (χ3n) is 2.97. The molecule has 0 amide bonds. The van der Waals surface area contributed by atoms with Gasteiger partial charge in [-0.25, -0.2) is 4.98 Å². The summed E-state index contributed by atoms with van der Waals surface area (Å²) in [5.74, 6) is 0.972. The molecule has 0 radical (unpaired) electrons. The predicted molar refractivity (Wildman–Crippen MR) is 78.4 cm³/mol.